The Hall–Kier alpha value is -0.680. The van der Waals surface area contributed by atoms with Gasteiger partial charge in [-0.2, -0.15) is 13.2 Å². The molecule has 0 saturated heterocycles. The highest BCUT2D eigenvalue weighted by Gasteiger charge is 2.30. The van der Waals surface area contributed by atoms with Crippen LogP contribution >= 0.6 is 8.38 Å². The predicted octanol–water partition coefficient (Wildman–Crippen LogP) is 1.41. The molecule has 3 N–H and O–H groups in total. The normalized spacial score (nSPS) is 15.6. The highest BCUT2D eigenvalue weighted by atomic mass is 31.2. The zero-order chi connectivity index (χ0) is 13.1. The van der Waals surface area contributed by atoms with E-state index in [-0.39, 0.29) is 12.7 Å². The van der Waals surface area contributed by atoms with E-state index in [1.807, 2.05) is 0 Å². The topological polar surface area (TPSA) is 69.3 Å². The van der Waals surface area contributed by atoms with Gasteiger partial charge in [0.25, 0.3) is 0 Å². The Kier molecular flexibility index (Phi) is 4.89. The second kappa shape index (κ2) is 5.78. The third kappa shape index (κ3) is 4.24. The van der Waals surface area contributed by atoms with Gasteiger partial charge >= 0.3 is 6.18 Å². The van der Waals surface area contributed by atoms with Gasteiger partial charge in [0.05, 0.1) is 5.56 Å². The maximum atomic E-state index is 12.3. The van der Waals surface area contributed by atoms with Gasteiger partial charge in [-0.3, -0.25) is 0 Å². The van der Waals surface area contributed by atoms with E-state index in [4.69, 9.17) is 10.6 Å². The lowest BCUT2D eigenvalue weighted by atomic mass is 10.00. The van der Waals surface area contributed by atoms with Crippen molar-refractivity contribution < 1.29 is 23.0 Å². The van der Waals surface area contributed by atoms with Gasteiger partial charge < -0.3 is 15.5 Å². The van der Waals surface area contributed by atoms with Crippen molar-refractivity contribution in [3.63, 3.8) is 0 Å². The Bertz CT molecular complexity index is 354. The van der Waals surface area contributed by atoms with Crippen LogP contribution in [0.3, 0.4) is 0 Å². The summed E-state index contributed by atoms with van der Waals surface area (Å²) in [6.07, 6.45) is -4.42. The molecule has 2 atom stereocenters. The van der Waals surface area contributed by atoms with Crippen molar-refractivity contribution in [2.75, 3.05) is 12.7 Å². The number of halogens is 3. The van der Waals surface area contributed by atoms with Crippen molar-refractivity contribution in [1.82, 2.24) is 0 Å². The first-order chi connectivity index (χ1) is 7.84. The summed E-state index contributed by atoms with van der Waals surface area (Å²) in [5.74, 6) is -0.397. The van der Waals surface area contributed by atoms with Gasteiger partial charge in [0.15, 0.2) is 0 Å². The minimum absolute atomic E-state index is 0.0444. The fraction of sp³-hybridized carbons (Fsp3) is 0.400. The molecule has 96 valence electrons. The molecule has 7 heteroatoms. The molecule has 0 saturated carbocycles. The summed E-state index contributed by atoms with van der Waals surface area (Å²) in [7, 11) is -2.35. The quantitative estimate of drug-likeness (QED) is 0.809. The molecule has 0 radical (unpaired) electrons. The molecule has 0 spiro atoms. The number of hydrogen-bond acceptors (Lipinski definition) is 3. The number of nitrogens with two attached hydrogens (primary N) is 1. The summed E-state index contributed by atoms with van der Waals surface area (Å²) in [6, 6.07) is 4.48. The SMILES string of the molecule is NCC(CP([O-])O)c1ccc(C(F)(F)F)cc1. The average molecular weight is 266 g/mol. The average Bonchev–Trinajstić information content (AvgIpc) is 2.24. The molecule has 0 amide bonds. The van der Waals surface area contributed by atoms with Crippen LogP contribution < -0.4 is 10.6 Å². The minimum Gasteiger partial charge on any atom is -0.808 e. The van der Waals surface area contributed by atoms with Crippen LogP contribution in [0.1, 0.15) is 17.0 Å². The number of hydrogen-bond donors (Lipinski definition) is 2. The highest BCUT2D eigenvalue weighted by molar-refractivity contribution is 7.43. The summed E-state index contributed by atoms with van der Waals surface area (Å²) in [5.41, 5.74) is 5.21. The van der Waals surface area contributed by atoms with Crippen molar-refractivity contribution in [2.24, 2.45) is 5.73 Å². The third-order valence-corrected chi connectivity index (χ3v) is 3.12. The van der Waals surface area contributed by atoms with Crippen LogP contribution in [0.25, 0.3) is 0 Å². The zero-order valence-corrected chi connectivity index (χ0v) is 9.71. The summed E-state index contributed by atoms with van der Waals surface area (Å²) in [6.45, 7) is 0.118. The molecular weight excluding hydrogens is 254 g/mol. The van der Waals surface area contributed by atoms with Crippen LogP contribution in [-0.2, 0) is 6.18 Å². The van der Waals surface area contributed by atoms with Gasteiger partial charge in [0.2, 0.25) is 0 Å². The van der Waals surface area contributed by atoms with Crippen LogP contribution in [0.5, 0.6) is 0 Å². The maximum Gasteiger partial charge on any atom is 0.416 e. The summed E-state index contributed by atoms with van der Waals surface area (Å²) in [4.78, 5) is 19.5. The number of rotatable bonds is 4. The van der Waals surface area contributed by atoms with Crippen molar-refractivity contribution in [3.05, 3.63) is 35.4 Å². The standard InChI is InChI=1S/C10H12F3NO2P/c11-10(12,13)9-3-1-7(2-4-9)8(5-14)6-17(15)16/h1-4,8,15H,5-6,14H2/q-1. The van der Waals surface area contributed by atoms with E-state index in [1.165, 1.54) is 12.1 Å². The summed E-state index contributed by atoms with van der Waals surface area (Å²) >= 11 is 0. The lowest BCUT2D eigenvalue weighted by molar-refractivity contribution is -0.175. The highest BCUT2D eigenvalue weighted by Crippen LogP contribution is 2.32. The first kappa shape index (κ1) is 14.4. The fourth-order valence-corrected chi connectivity index (χ4v) is 2.19. The van der Waals surface area contributed by atoms with E-state index < -0.39 is 26.0 Å². The van der Waals surface area contributed by atoms with Gasteiger partial charge in [-0.1, -0.05) is 20.5 Å². The van der Waals surface area contributed by atoms with Gasteiger partial charge in [0, 0.05) is 5.92 Å². The molecule has 1 aromatic rings. The largest absolute Gasteiger partial charge is 0.808 e. The van der Waals surface area contributed by atoms with Gasteiger partial charge in [-0.15, -0.1) is 0 Å². The maximum absolute atomic E-state index is 12.3. The Morgan fingerprint density at radius 2 is 1.82 bits per heavy atom. The molecule has 17 heavy (non-hydrogen) atoms. The number of benzene rings is 1. The first-order valence-corrected chi connectivity index (χ1v) is 6.25. The molecular formula is C10H12F3NO2P-. The van der Waals surface area contributed by atoms with E-state index in [1.54, 1.807) is 0 Å². The fourth-order valence-electron chi connectivity index (χ4n) is 1.45. The van der Waals surface area contributed by atoms with Crippen LogP contribution in [0, 0.1) is 0 Å². The second-order valence-corrected chi connectivity index (χ2v) is 4.66. The first-order valence-electron chi connectivity index (χ1n) is 4.85. The van der Waals surface area contributed by atoms with Crippen molar-refractivity contribution >= 4 is 8.38 Å². The molecule has 2 unspecified atom stereocenters. The molecule has 3 nitrogen and oxygen atoms in total. The molecule has 0 aliphatic rings. The Balaban J connectivity index is 2.85. The molecule has 1 aromatic carbocycles. The van der Waals surface area contributed by atoms with Crippen molar-refractivity contribution in [3.8, 4) is 0 Å². The van der Waals surface area contributed by atoms with Gasteiger partial charge in [-0.05, 0) is 30.4 Å². The van der Waals surface area contributed by atoms with Crippen LogP contribution in [-0.4, -0.2) is 17.6 Å². The molecule has 0 aliphatic heterocycles. The number of alkyl halides is 3. The van der Waals surface area contributed by atoms with E-state index in [2.05, 4.69) is 0 Å². The predicted molar refractivity (Wildman–Crippen MR) is 57.2 cm³/mol. The minimum atomic E-state index is -4.38. The summed E-state index contributed by atoms with van der Waals surface area (Å²) in [5, 5.41) is 0. The van der Waals surface area contributed by atoms with Crippen molar-refractivity contribution in [1.29, 1.82) is 0 Å². The molecule has 0 aromatic heterocycles. The van der Waals surface area contributed by atoms with E-state index in [0.29, 0.717) is 5.56 Å². The van der Waals surface area contributed by atoms with E-state index in [9.17, 15) is 18.1 Å². The third-order valence-electron chi connectivity index (χ3n) is 2.37. The molecule has 0 aliphatic carbocycles. The van der Waals surface area contributed by atoms with Gasteiger partial charge in [0.1, 0.15) is 0 Å². The summed E-state index contributed by atoms with van der Waals surface area (Å²) < 4.78 is 36.9. The lowest BCUT2D eigenvalue weighted by Gasteiger charge is -2.22. The Morgan fingerprint density at radius 1 is 1.29 bits per heavy atom. The van der Waals surface area contributed by atoms with Crippen LogP contribution in [0.15, 0.2) is 24.3 Å². The lowest BCUT2D eigenvalue weighted by Crippen LogP contribution is -2.18. The molecule has 0 bridgehead atoms. The van der Waals surface area contributed by atoms with Crippen molar-refractivity contribution in [2.45, 2.75) is 12.1 Å². The molecule has 1 rings (SSSR count). The van der Waals surface area contributed by atoms with E-state index in [0.717, 1.165) is 12.1 Å². The smallest absolute Gasteiger partial charge is 0.416 e. The Labute approximate surface area is 98.0 Å². The molecule has 0 heterocycles. The Morgan fingerprint density at radius 3 is 2.18 bits per heavy atom. The van der Waals surface area contributed by atoms with Crippen LogP contribution in [0.2, 0.25) is 0 Å². The molecule has 0 fully saturated rings. The second-order valence-electron chi connectivity index (χ2n) is 3.59. The van der Waals surface area contributed by atoms with E-state index >= 15 is 0 Å². The van der Waals surface area contributed by atoms with Crippen LogP contribution in [0.4, 0.5) is 13.2 Å². The zero-order valence-electron chi connectivity index (χ0n) is 8.81. The van der Waals surface area contributed by atoms with Gasteiger partial charge in [-0.25, -0.2) is 0 Å². The monoisotopic (exact) mass is 266 g/mol.